The number of hydrogen-bond acceptors (Lipinski definition) is 7. The maximum absolute atomic E-state index is 14.4. The third-order valence-corrected chi connectivity index (χ3v) is 8.53. The molecule has 50 heavy (non-hydrogen) atoms. The van der Waals surface area contributed by atoms with Crippen LogP contribution in [0.15, 0.2) is 42.7 Å². The fourth-order valence-corrected chi connectivity index (χ4v) is 6.29. The molecule has 4 aromatic rings. The fraction of sp³-hybridized carbons (Fsp3) is 0.389. The largest absolute Gasteiger partial charge is 0.494 e. The van der Waals surface area contributed by atoms with E-state index in [-0.39, 0.29) is 46.4 Å². The van der Waals surface area contributed by atoms with Crippen LogP contribution < -0.4 is 20.7 Å². The molecule has 2 aromatic carbocycles. The monoisotopic (exact) mass is 693 g/mol. The van der Waals surface area contributed by atoms with Gasteiger partial charge in [-0.3, -0.25) is 19.5 Å². The normalized spacial score (nSPS) is 16.4. The number of methoxy groups -OCH3 is 1. The lowest BCUT2D eigenvalue weighted by Gasteiger charge is -2.37. The number of pyridine rings is 1. The SMILES string of the molecule is CNC(=O)c1cc(NCC#Cc2cc(C(=O)N[C@H]3CCN(Cc4cc(C)nc(C)c4)C[C@@H]3C)c3ncn(CC(F)(F)F)c3c2)c(OC)cc1F. The summed E-state index contributed by atoms with van der Waals surface area (Å²) < 4.78 is 60.9. The summed E-state index contributed by atoms with van der Waals surface area (Å²) in [4.78, 5) is 36.8. The van der Waals surface area contributed by atoms with E-state index in [4.69, 9.17) is 4.74 Å². The molecule has 14 heteroatoms. The lowest BCUT2D eigenvalue weighted by molar-refractivity contribution is -0.140. The number of imidazole rings is 1. The van der Waals surface area contributed by atoms with Crippen LogP contribution in [-0.2, 0) is 13.1 Å². The second-order valence-corrected chi connectivity index (χ2v) is 12.5. The number of nitrogens with one attached hydrogen (secondary N) is 3. The Bertz CT molecular complexity index is 1940. The summed E-state index contributed by atoms with van der Waals surface area (Å²) in [6, 6.07) is 9.35. The molecular weight excluding hydrogens is 654 g/mol. The summed E-state index contributed by atoms with van der Waals surface area (Å²) in [5.41, 5.74) is 3.91. The molecule has 0 spiro atoms. The van der Waals surface area contributed by atoms with E-state index in [1.54, 1.807) is 0 Å². The molecule has 264 valence electrons. The van der Waals surface area contributed by atoms with Crippen LogP contribution in [-0.4, -0.2) is 77.3 Å². The first-order valence-electron chi connectivity index (χ1n) is 16.1. The lowest BCUT2D eigenvalue weighted by Crippen LogP contribution is -2.49. The topological polar surface area (TPSA) is 113 Å². The number of nitrogens with zero attached hydrogens (tertiary/aromatic N) is 4. The van der Waals surface area contributed by atoms with Crippen molar-refractivity contribution in [1.82, 2.24) is 30.1 Å². The van der Waals surface area contributed by atoms with Crippen LogP contribution in [0, 0.1) is 37.4 Å². The Morgan fingerprint density at radius 1 is 1.06 bits per heavy atom. The molecular formula is C36H39F4N7O3. The summed E-state index contributed by atoms with van der Waals surface area (Å²) in [6.07, 6.45) is -2.75. The highest BCUT2D eigenvalue weighted by Crippen LogP contribution is 2.29. The van der Waals surface area contributed by atoms with Crippen molar-refractivity contribution in [2.75, 3.05) is 39.1 Å². The number of aryl methyl sites for hydroxylation is 2. The molecule has 2 aromatic heterocycles. The number of halogens is 4. The van der Waals surface area contributed by atoms with Crippen LogP contribution in [0.4, 0.5) is 23.2 Å². The Morgan fingerprint density at radius 2 is 1.80 bits per heavy atom. The number of ether oxygens (including phenoxy) is 1. The number of anilines is 1. The molecule has 3 heterocycles. The van der Waals surface area contributed by atoms with Crippen molar-refractivity contribution >= 4 is 28.5 Å². The molecule has 0 bridgehead atoms. The summed E-state index contributed by atoms with van der Waals surface area (Å²) in [5.74, 6) is 4.22. The van der Waals surface area contributed by atoms with Gasteiger partial charge >= 0.3 is 6.18 Å². The molecule has 5 rings (SSSR count). The van der Waals surface area contributed by atoms with Gasteiger partial charge in [0.2, 0.25) is 0 Å². The van der Waals surface area contributed by atoms with Crippen molar-refractivity contribution in [2.24, 2.45) is 5.92 Å². The predicted octanol–water partition coefficient (Wildman–Crippen LogP) is 5.22. The number of fused-ring (bicyclic) bond motifs is 1. The minimum atomic E-state index is -4.51. The molecule has 10 nitrogen and oxygen atoms in total. The molecule has 0 saturated carbocycles. The first kappa shape index (κ1) is 36.1. The number of carbonyl (C=O) groups is 2. The fourth-order valence-electron chi connectivity index (χ4n) is 6.29. The lowest BCUT2D eigenvalue weighted by atomic mass is 9.93. The molecule has 1 saturated heterocycles. The van der Waals surface area contributed by atoms with E-state index >= 15 is 0 Å². The van der Waals surface area contributed by atoms with Crippen molar-refractivity contribution in [1.29, 1.82) is 0 Å². The quantitative estimate of drug-likeness (QED) is 0.163. The Morgan fingerprint density at radius 3 is 2.46 bits per heavy atom. The number of benzene rings is 2. The minimum absolute atomic E-state index is 0.00523. The number of alkyl halides is 3. The van der Waals surface area contributed by atoms with E-state index in [1.807, 2.05) is 13.8 Å². The second-order valence-electron chi connectivity index (χ2n) is 12.5. The number of amides is 2. The van der Waals surface area contributed by atoms with E-state index in [9.17, 15) is 27.2 Å². The zero-order valence-corrected chi connectivity index (χ0v) is 28.5. The Balaban J connectivity index is 1.35. The summed E-state index contributed by atoms with van der Waals surface area (Å²) >= 11 is 0. The number of hydrogen-bond donors (Lipinski definition) is 3. The van der Waals surface area contributed by atoms with E-state index in [1.165, 1.54) is 37.9 Å². The highest BCUT2D eigenvalue weighted by molar-refractivity contribution is 6.05. The summed E-state index contributed by atoms with van der Waals surface area (Å²) in [7, 11) is 2.73. The molecule has 0 unspecified atom stereocenters. The van der Waals surface area contributed by atoms with Gasteiger partial charge in [-0.05, 0) is 62.1 Å². The van der Waals surface area contributed by atoms with Gasteiger partial charge in [-0.2, -0.15) is 13.2 Å². The van der Waals surface area contributed by atoms with Gasteiger partial charge in [-0.15, -0.1) is 0 Å². The standard InChI is InChI=1S/C36H39F4N7O3/c1-21-17-46(18-25-11-22(2)44-23(3)12-25)10-8-29(21)45-35(49)27-13-24(14-31-33(27)43-20-47(31)19-36(38,39)40)7-6-9-42-30-15-26(34(48)41-4)28(37)16-32(30)50-5/h11-16,20-21,29,42H,8-10,17-19H2,1-5H3,(H,41,48)(H,45,49)/t21-,29-/m0/s1. The van der Waals surface area contributed by atoms with Gasteiger partial charge in [0.05, 0.1) is 42.3 Å². The van der Waals surface area contributed by atoms with E-state index in [0.29, 0.717) is 17.7 Å². The molecule has 2 atom stereocenters. The number of rotatable bonds is 9. The van der Waals surface area contributed by atoms with Gasteiger partial charge in [0.15, 0.2) is 0 Å². The van der Waals surface area contributed by atoms with Gasteiger partial charge in [-0.1, -0.05) is 18.8 Å². The predicted molar refractivity (Wildman–Crippen MR) is 182 cm³/mol. The van der Waals surface area contributed by atoms with Crippen molar-refractivity contribution in [2.45, 2.75) is 52.5 Å². The van der Waals surface area contributed by atoms with Crippen LogP contribution in [0.5, 0.6) is 5.75 Å². The number of likely N-dealkylation sites (tertiary alicyclic amines) is 1. The van der Waals surface area contributed by atoms with Crippen molar-refractivity contribution in [3.63, 3.8) is 0 Å². The Hall–Kier alpha value is -5.16. The van der Waals surface area contributed by atoms with Gasteiger partial charge in [0.1, 0.15) is 23.6 Å². The van der Waals surface area contributed by atoms with Crippen LogP contribution >= 0.6 is 0 Å². The highest BCUT2D eigenvalue weighted by Gasteiger charge is 2.31. The van der Waals surface area contributed by atoms with Crippen LogP contribution in [0.25, 0.3) is 11.0 Å². The average Bonchev–Trinajstić information content (AvgIpc) is 3.44. The maximum atomic E-state index is 14.4. The van der Waals surface area contributed by atoms with Crippen LogP contribution in [0.2, 0.25) is 0 Å². The smallest absolute Gasteiger partial charge is 0.406 e. The Kier molecular flexibility index (Phi) is 11.0. The maximum Gasteiger partial charge on any atom is 0.406 e. The second kappa shape index (κ2) is 15.2. The zero-order valence-electron chi connectivity index (χ0n) is 28.5. The van der Waals surface area contributed by atoms with Crippen molar-refractivity contribution < 1.29 is 31.9 Å². The molecule has 0 radical (unpaired) electrons. The molecule has 3 N–H and O–H groups in total. The highest BCUT2D eigenvalue weighted by atomic mass is 19.4. The average molecular weight is 694 g/mol. The van der Waals surface area contributed by atoms with Crippen LogP contribution in [0.3, 0.4) is 0 Å². The first-order chi connectivity index (χ1) is 23.7. The Labute approximate surface area is 287 Å². The van der Waals surface area contributed by atoms with Crippen molar-refractivity contribution in [3.05, 3.63) is 82.2 Å². The van der Waals surface area contributed by atoms with Crippen molar-refractivity contribution in [3.8, 4) is 17.6 Å². The first-order valence-corrected chi connectivity index (χ1v) is 16.1. The number of aromatic nitrogens is 3. The minimum Gasteiger partial charge on any atom is -0.494 e. The molecule has 0 aliphatic carbocycles. The van der Waals surface area contributed by atoms with E-state index in [2.05, 4.69) is 61.7 Å². The third kappa shape index (κ3) is 8.70. The van der Waals surface area contributed by atoms with Gasteiger partial charge in [-0.25, -0.2) is 9.37 Å². The van der Waals surface area contributed by atoms with Gasteiger partial charge in [0.25, 0.3) is 11.8 Å². The third-order valence-electron chi connectivity index (χ3n) is 8.53. The molecule has 2 amide bonds. The van der Waals surface area contributed by atoms with E-state index < -0.39 is 30.4 Å². The summed E-state index contributed by atoms with van der Waals surface area (Å²) in [5, 5.41) is 8.46. The van der Waals surface area contributed by atoms with Crippen LogP contribution in [0.1, 0.15) is 56.6 Å². The van der Waals surface area contributed by atoms with E-state index in [0.717, 1.165) is 48.0 Å². The number of carbonyl (C=O) groups excluding carboxylic acids is 2. The van der Waals surface area contributed by atoms with Gasteiger partial charge in [0, 0.05) is 55.7 Å². The number of piperidine rings is 1. The summed E-state index contributed by atoms with van der Waals surface area (Å²) in [6.45, 7) is 7.01. The molecule has 1 fully saturated rings. The molecule has 1 aliphatic rings. The zero-order chi connectivity index (χ0) is 36.2. The van der Waals surface area contributed by atoms with Gasteiger partial charge < -0.3 is 25.3 Å². The molecule has 1 aliphatic heterocycles.